The Labute approximate surface area is 173 Å². The van der Waals surface area contributed by atoms with E-state index in [9.17, 15) is 4.79 Å². The van der Waals surface area contributed by atoms with Crippen LogP contribution in [-0.2, 0) is 17.9 Å². The second-order valence-electron chi connectivity index (χ2n) is 7.31. The van der Waals surface area contributed by atoms with E-state index >= 15 is 0 Å². The number of aromatic nitrogens is 2. The summed E-state index contributed by atoms with van der Waals surface area (Å²) >= 11 is 0. The van der Waals surface area contributed by atoms with E-state index in [4.69, 9.17) is 9.72 Å². The molecular weight excluding hydrogens is 362 g/mol. The van der Waals surface area contributed by atoms with Crippen molar-refractivity contribution in [3.05, 3.63) is 60.4 Å². The minimum Gasteiger partial charge on any atom is -0.484 e. The van der Waals surface area contributed by atoms with Gasteiger partial charge < -0.3 is 14.6 Å². The number of hydrogen-bond acceptors (Lipinski definition) is 3. The summed E-state index contributed by atoms with van der Waals surface area (Å²) in [5.74, 6) is 1.44. The highest BCUT2D eigenvalue weighted by molar-refractivity contribution is 5.78. The van der Waals surface area contributed by atoms with Crippen LogP contribution in [0.4, 0.5) is 0 Å². The van der Waals surface area contributed by atoms with Crippen LogP contribution in [0.1, 0.15) is 51.3 Å². The Morgan fingerprint density at radius 2 is 1.69 bits per heavy atom. The first kappa shape index (κ1) is 20.9. The molecule has 0 bridgehead atoms. The number of unbranched alkanes of at least 4 members (excludes halogenated alkanes) is 5. The maximum Gasteiger partial charge on any atom is 0.258 e. The Morgan fingerprint density at radius 1 is 0.966 bits per heavy atom. The predicted octanol–water partition coefficient (Wildman–Crippen LogP) is 5.09. The number of rotatable bonds is 12. The van der Waals surface area contributed by atoms with Gasteiger partial charge in [-0.3, -0.25) is 4.79 Å². The number of hydrogen-bond donors (Lipinski definition) is 1. The van der Waals surface area contributed by atoms with Crippen LogP contribution in [0.5, 0.6) is 5.75 Å². The largest absolute Gasteiger partial charge is 0.484 e. The molecule has 5 nitrogen and oxygen atoms in total. The van der Waals surface area contributed by atoms with Gasteiger partial charge in [-0.1, -0.05) is 69.4 Å². The molecule has 0 aliphatic heterocycles. The number of nitrogens with one attached hydrogen (secondary N) is 1. The van der Waals surface area contributed by atoms with Crippen LogP contribution in [0.3, 0.4) is 0 Å². The molecule has 0 saturated carbocycles. The second kappa shape index (κ2) is 11.2. The molecule has 1 aromatic heterocycles. The zero-order valence-corrected chi connectivity index (χ0v) is 17.3. The molecule has 2 aromatic carbocycles. The Bertz CT molecular complexity index is 890. The highest BCUT2D eigenvalue weighted by atomic mass is 16.5. The number of aryl methyl sites for hydroxylation is 1. The lowest BCUT2D eigenvalue weighted by atomic mass is 10.1. The number of fused-ring (bicyclic) bond motifs is 1. The number of amides is 1. The van der Waals surface area contributed by atoms with Gasteiger partial charge in [-0.25, -0.2) is 4.98 Å². The Hall–Kier alpha value is -2.82. The molecule has 0 spiro atoms. The molecule has 0 fully saturated rings. The fourth-order valence-electron chi connectivity index (χ4n) is 3.45. The molecule has 3 aromatic rings. The summed E-state index contributed by atoms with van der Waals surface area (Å²) in [7, 11) is 0. The zero-order chi connectivity index (χ0) is 20.3. The van der Waals surface area contributed by atoms with Crippen LogP contribution >= 0.6 is 0 Å². The number of benzene rings is 2. The number of carbonyl (C=O) groups excluding carboxylic acids is 1. The molecule has 0 radical (unpaired) electrons. The van der Waals surface area contributed by atoms with Crippen molar-refractivity contribution in [2.24, 2.45) is 0 Å². The number of ether oxygens (including phenoxy) is 1. The molecule has 0 saturated heterocycles. The van der Waals surface area contributed by atoms with Gasteiger partial charge in [0, 0.05) is 6.54 Å². The summed E-state index contributed by atoms with van der Waals surface area (Å²) in [4.78, 5) is 16.9. The number of carbonyl (C=O) groups is 1. The fourth-order valence-corrected chi connectivity index (χ4v) is 3.45. The van der Waals surface area contributed by atoms with Crippen LogP contribution in [0.15, 0.2) is 54.6 Å². The summed E-state index contributed by atoms with van der Waals surface area (Å²) in [6.07, 6.45) is 7.53. The molecule has 29 heavy (non-hydrogen) atoms. The number of imidazole rings is 1. The van der Waals surface area contributed by atoms with Gasteiger partial charge in [0.05, 0.1) is 17.6 Å². The van der Waals surface area contributed by atoms with Crippen molar-refractivity contribution in [2.45, 2.75) is 58.5 Å². The highest BCUT2D eigenvalue weighted by Gasteiger charge is 2.11. The molecule has 0 aliphatic carbocycles. The maximum atomic E-state index is 12.2. The van der Waals surface area contributed by atoms with Crippen LogP contribution in [-0.4, -0.2) is 22.1 Å². The smallest absolute Gasteiger partial charge is 0.258 e. The molecule has 1 amide bonds. The SMILES string of the molecule is CCCCCCCCn1c(CNC(=O)COc2ccccc2)nc2ccccc21. The first-order valence-corrected chi connectivity index (χ1v) is 10.7. The van der Waals surface area contributed by atoms with E-state index in [0.717, 1.165) is 29.8 Å². The number of para-hydroxylation sites is 3. The van der Waals surface area contributed by atoms with Gasteiger partial charge in [0.15, 0.2) is 6.61 Å². The van der Waals surface area contributed by atoms with Crippen molar-refractivity contribution in [3.8, 4) is 5.75 Å². The summed E-state index contributed by atoms with van der Waals surface area (Å²) in [6, 6.07) is 17.5. The molecule has 0 unspecified atom stereocenters. The molecule has 1 N–H and O–H groups in total. The summed E-state index contributed by atoms with van der Waals surface area (Å²) < 4.78 is 7.76. The molecular formula is C24H31N3O2. The third-order valence-corrected chi connectivity index (χ3v) is 5.03. The van der Waals surface area contributed by atoms with Crippen LogP contribution in [0.25, 0.3) is 11.0 Å². The molecule has 0 atom stereocenters. The van der Waals surface area contributed by atoms with E-state index in [2.05, 4.69) is 22.9 Å². The molecule has 3 rings (SSSR count). The van der Waals surface area contributed by atoms with Crippen molar-refractivity contribution in [2.75, 3.05) is 6.61 Å². The van der Waals surface area contributed by atoms with Gasteiger partial charge in [-0.2, -0.15) is 0 Å². The average molecular weight is 394 g/mol. The van der Waals surface area contributed by atoms with E-state index < -0.39 is 0 Å². The molecule has 5 heteroatoms. The quantitative estimate of drug-likeness (QED) is 0.436. The lowest BCUT2D eigenvalue weighted by Crippen LogP contribution is -2.29. The van der Waals surface area contributed by atoms with Crippen LogP contribution in [0, 0.1) is 0 Å². The highest BCUT2D eigenvalue weighted by Crippen LogP contribution is 2.18. The second-order valence-corrected chi connectivity index (χ2v) is 7.31. The first-order chi connectivity index (χ1) is 14.3. The summed E-state index contributed by atoms with van der Waals surface area (Å²) in [5.41, 5.74) is 2.11. The average Bonchev–Trinajstić information content (AvgIpc) is 3.11. The van der Waals surface area contributed by atoms with Crippen molar-refractivity contribution in [3.63, 3.8) is 0 Å². The minimum absolute atomic E-state index is 0.00166. The lowest BCUT2D eigenvalue weighted by molar-refractivity contribution is -0.123. The summed E-state index contributed by atoms with van der Waals surface area (Å²) in [6.45, 7) is 3.57. The van der Waals surface area contributed by atoms with Crippen molar-refractivity contribution in [1.82, 2.24) is 14.9 Å². The van der Waals surface area contributed by atoms with Gasteiger partial charge in [0.2, 0.25) is 0 Å². The van der Waals surface area contributed by atoms with E-state index in [1.54, 1.807) is 0 Å². The Balaban J connectivity index is 1.55. The molecule has 1 heterocycles. The lowest BCUT2D eigenvalue weighted by Gasteiger charge is -2.11. The summed E-state index contributed by atoms with van der Waals surface area (Å²) in [5, 5.41) is 2.94. The van der Waals surface area contributed by atoms with Gasteiger partial charge in [0.1, 0.15) is 11.6 Å². The Kier molecular flexibility index (Phi) is 8.11. The van der Waals surface area contributed by atoms with Gasteiger partial charge in [0.25, 0.3) is 5.91 Å². The van der Waals surface area contributed by atoms with Gasteiger partial charge in [-0.15, -0.1) is 0 Å². The van der Waals surface area contributed by atoms with E-state index in [1.807, 2.05) is 48.5 Å². The third kappa shape index (κ3) is 6.34. The monoisotopic (exact) mass is 393 g/mol. The van der Waals surface area contributed by atoms with Crippen LogP contribution < -0.4 is 10.1 Å². The van der Waals surface area contributed by atoms with Gasteiger partial charge >= 0.3 is 0 Å². The minimum atomic E-state index is -0.146. The topological polar surface area (TPSA) is 56.2 Å². The standard InChI is InChI=1S/C24H31N3O2/c1-2-3-4-5-6-12-17-27-22-16-11-10-15-21(22)26-23(27)18-25-24(28)19-29-20-13-8-7-9-14-20/h7-11,13-16H,2-6,12,17-19H2,1H3,(H,25,28). The van der Waals surface area contributed by atoms with E-state index in [1.165, 1.54) is 32.1 Å². The molecule has 0 aliphatic rings. The van der Waals surface area contributed by atoms with Crippen LogP contribution in [0.2, 0.25) is 0 Å². The van der Waals surface area contributed by atoms with Crippen molar-refractivity contribution in [1.29, 1.82) is 0 Å². The molecule has 154 valence electrons. The maximum absolute atomic E-state index is 12.2. The number of nitrogens with zero attached hydrogens (tertiary/aromatic N) is 2. The predicted molar refractivity (Wildman–Crippen MR) is 117 cm³/mol. The van der Waals surface area contributed by atoms with Gasteiger partial charge in [-0.05, 0) is 30.7 Å². The fraction of sp³-hybridized carbons (Fsp3) is 0.417. The third-order valence-electron chi connectivity index (χ3n) is 5.03. The van der Waals surface area contributed by atoms with Crippen molar-refractivity contribution < 1.29 is 9.53 Å². The first-order valence-electron chi connectivity index (χ1n) is 10.7. The van der Waals surface area contributed by atoms with E-state index in [-0.39, 0.29) is 12.5 Å². The Morgan fingerprint density at radius 3 is 2.52 bits per heavy atom. The zero-order valence-electron chi connectivity index (χ0n) is 17.3. The van der Waals surface area contributed by atoms with Crippen molar-refractivity contribution >= 4 is 16.9 Å². The normalized spacial score (nSPS) is 10.9. The van der Waals surface area contributed by atoms with E-state index in [0.29, 0.717) is 12.3 Å².